The molecule has 1 aliphatic carbocycles. The highest BCUT2D eigenvalue weighted by atomic mass is 16.5. The molecule has 0 spiro atoms. The molecule has 6 heteroatoms. The highest BCUT2D eigenvalue weighted by Gasteiger charge is 2.44. The fourth-order valence-corrected chi connectivity index (χ4v) is 2.84. The topological polar surface area (TPSA) is 68.5 Å². The summed E-state index contributed by atoms with van der Waals surface area (Å²) in [6, 6.07) is 0. The molecule has 0 atom stereocenters. The van der Waals surface area contributed by atoms with Gasteiger partial charge in [-0.05, 0) is 19.9 Å². The average molecular weight is 267 g/mol. The first-order chi connectivity index (χ1) is 9.08. The predicted molar refractivity (Wildman–Crippen MR) is 68.3 cm³/mol. The van der Waals surface area contributed by atoms with Gasteiger partial charge in [0.15, 0.2) is 5.82 Å². The van der Waals surface area contributed by atoms with Crippen molar-refractivity contribution in [1.29, 1.82) is 0 Å². The van der Waals surface area contributed by atoms with E-state index in [-0.39, 0.29) is 5.97 Å². The average Bonchev–Trinajstić information content (AvgIpc) is 2.83. The summed E-state index contributed by atoms with van der Waals surface area (Å²) in [7, 11) is 3.37. The lowest BCUT2D eigenvalue weighted by atomic mass is 9.80. The van der Waals surface area contributed by atoms with Crippen LogP contribution in [-0.4, -0.2) is 40.7 Å². The third-order valence-electron chi connectivity index (χ3n) is 3.92. The summed E-state index contributed by atoms with van der Waals surface area (Å²) in [5, 5.41) is 3.89. The minimum absolute atomic E-state index is 0.157. The van der Waals surface area contributed by atoms with Gasteiger partial charge in [0.1, 0.15) is 5.54 Å². The number of rotatable bonds is 4. The van der Waals surface area contributed by atoms with Gasteiger partial charge in [-0.2, -0.15) is 4.98 Å². The Kier molecular flexibility index (Phi) is 4.19. The molecule has 2 rings (SSSR count). The maximum Gasteiger partial charge on any atom is 0.326 e. The van der Waals surface area contributed by atoms with Gasteiger partial charge in [-0.15, -0.1) is 0 Å². The second kappa shape index (κ2) is 5.69. The summed E-state index contributed by atoms with van der Waals surface area (Å²) in [6.07, 6.45) is 4.92. The molecular weight excluding hydrogens is 246 g/mol. The minimum atomic E-state index is -0.540. The van der Waals surface area contributed by atoms with Crippen molar-refractivity contribution in [3.05, 3.63) is 11.7 Å². The van der Waals surface area contributed by atoms with E-state index in [2.05, 4.69) is 10.1 Å². The Morgan fingerprint density at radius 1 is 1.42 bits per heavy atom. The number of nitrogens with zero attached hydrogens (tertiary/aromatic N) is 3. The summed E-state index contributed by atoms with van der Waals surface area (Å²) in [5.41, 5.74) is -0.540. The molecule has 19 heavy (non-hydrogen) atoms. The lowest BCUT2D eigenvalue weighted by molar-refractivity contribution is -0.157. The Morgan fingerprint density at radius 3 is 2.63 bits per heavy atom. The van der Waals surface area contributed by atoms with Crippen LogP contribution in [0.15, 0.2) is 4.52 Å². The Morgan fingerprint density at radius 2 is 2.11 bits per heavy atom. The number of hydrogen-bond acceptors (Lipinski definition) is 6. The van der Waals surface area contributed by atoms with Gasteiger partial charge in [-0.3, -0.25) is 9.69 Å². The summed E-state index contributed by atoms with van der Waals surface area (Å²) in [5.74, 6) is 0.989. The summed E-state index contributed by atoms with van der Waals surface area (Å²) >= 11 is 0. The Bertz CT molecular complexity index is 438. The van der Waals surface area contributed by atoms with Gasteiger partial charge in [0.2, 0.25) is 5.89 Å². The SMILES string of the molecule is COC(=O)C1(N(C)Cc2noc(C)n2)CCCCC1. The number of ether oxygens (including phenoxy) is 1. The van der Waals surface area contributed by atoms with Crippen LogP contribution in [0, 0.1) is 6.92 Å². The maximum absolute atomic E-state index is 12.2. The molecule has 1 fully saturated rings. The highest BCUT2D eigenvalue weighted by molar-refractivity contribution is 5.80. The largest absolute Gasteiger partial charge is 0.468 e. The molecule has 1 saturated carbocycles. The fourth-order valence-electron chi connectivity index (χ4n) is 2.84. The van der Waals surface area contributed by atoms with Gasteiger partial charge in [-0.1, -0.05) is 24.4 Å². The Balaban J connectivity index is 2.15. The van der Waals surface area contributed by atoms with Crippen molar-refractivity contribution >= 4 is 5.97 Å². The van der Waals surface area contributed by atoms with Crippen molar-refractivity contribution in [2.75, 3.05) is 14.2 Å². The molecule has 0 saturated heterocycles. The Hall–Kier alpha value is -1.43. The van der Waals surface area contributed by atoms with Crippen molar-refractivity contribution in [2.45, 2.75) is 51.1 Å². The van der Waals surface area contributed by atoms with E-state index >= 15 is 0 Å². The van der Waals surface area contributed by atoms with E-state index in [0.717, 1.165) is 25.7 Å². The van der Waals surface area contributed by atoms with E-state index < -0.39 is 5.54 Å². The number of carbonyl (C=O) groups excluding carboxylic acids is 1. The third kappa shape index (κ3) is 2.78. The second-order valence-corrected chi connectivity index (χ2v) is 5.17. The summed E-state index contributed by atoms with van der Waals surface area (Å²) < 4.78 is 9.98. The molecule has 0 aromatic carbocycles. The molecule has 0 amide bonds. The molecule has 0 radical (unpaired) electrons. The summed E-state index contributed by atoms with van der Waals surface area (Å²) in [4.78, 5) is 18.4. The number of methoxy groups -OCH3 is 1. The molecular formula is C13H21N3O3. The Labute approximate surface area is 113 Å². The number of carbonyl (C=O) groups is 1. The molecule has 1 aromatic heterocycles. The number of aromatic nitrogens is 2. The van der Waals surface area contributed by atoms with Crippen molar-refractivity contribution in [2.24, 2.45) is 0 Å². The monoisotopic (exact) mass is 267 g/mol. The van der Waals surface area contributed by atoms with E-state index in [4.69, 9.17) is 9.26 Å². The van der Waals surface area contributed by atoms with Crippen LogP contribution in [0.4, 0.5) is 0 Å². The van der Waals surface area contributed by atoms with E-state index in [1.807, 2.05) is 11.9 Å². The fraction of sp³-hybridized carbons (Fsp3) is 0.769. The normalized spacial score (nSPS) is 18.5. The molecule has 0 N–H and O–H groups in total. The van der Waals surface area contributed by atoms with Gasteiger partial charge in [-0.25, -0.2) is 0 Å². The third-order valence-corrected chi connectivity index (χ3v) is 3.92. The number of likely N-dealkylation sites (N-methyl/N-ethyl adjacent to an activating group) is 1. The van der Waals surface area contributed by atoms with Crippen LogP contribution in [-0.2, 0) is 16.1 Å². The van der Waals surface area contributed by atoms with Crippen LogP contribution < -0.4 is 0 Å². The zero-order valence-corrected chi connectivity index (χ0v) is 11.8. The van der Waals surface area contributed by atoms with E-state index in [1.165, 1.54) is 13.5 Å². The second-order valence-electron chi connectivity index (χ2n) is 5.17. The first kappa shape index (κ1) is 14.0. The van der Waals surface area contributed by atoms with Crippen LogP contribution in [0.5, 0.6) is 0 Å². The van der Waals surface area contributed by atoms with Crippen LogP contribution in [0.25, 0.3) is 0 Å². The lowest BCUT2D eigenvalue weighted by Gasteiger charge is -2.41. The van der Waals surface area contributed by atoms with Gasteiger partial charge in [0.25, 0.3) is 0 Å². The van der Waals surface area contributed by atoms with Gasteiger partial charge in [0, 0.05) is 6.92 Å². The molecule has 6 nitrogen and oxygen atoms in total. The number of hydrogen-bond donors (Lipinski definition) is 0. The van der Waals surface area contributed by atoms with Crippen LogP contribution in [0.3, 0.4) is 0 Å². The zero-order chi connectivity index (χ0) is 13.9. The van der Waals surface area contributed by atoms with E-state index in [1.54, 1.807) is 6.92 Å². The molecule has 0 bridgehead atoms. The van der Waals surface area contributed by atoms with E-state index in [9.17, 15) is 4.79 Å². The molecule has 0 unspecified atom stereocenters. The van der Waals surface area contributed by atoms with Crippen LogP contribution in [0.2, 0.25) is 0 Å². The van der Waals surface area contributed by atoms with Crippen molar-refractivity contribution in [3.63, 3.8) is 0 Å². The smallest absolute Gasteiger partial charge is 0.326 e. The molecule has 1 aromatic rings. The standard InChI is InChI=1S/C13H21N3O3/c1-10-14-11(15-19-10)9-16(2)13(12(17)18-3)7-5-4-6-8-13/h4-9H2,1-3H3. The zero-order valence-electron chi connectivity index (χ0n) is 11.8. The van der Waals surface area contributed by atoms with Crippen LogP contribution in [0.1, 0.15) is 43.8 Å². The molecule has 1 aliphatic rings. The minimum Gasteiger partial charge on any atom is -0.468 e. The van der Waals surface area contributed by atoms with Crippen molar-refractivity contribution < 1.29 is 14.1 Å². The number of aryl methyl sites for hydroxylation is 1. The van der Waals surface area contributed by atoms with E-state index in [0.29, 0.717) is 18.3 Å². The molecule has 106 valence electrons. The van der Waals surface area contributed by atoms with Crippen molar-refractivity contribution in [3.8, 4) is 0 Å². The molecule has 0 aliphatic heterocycles. The maximum atomic E-state index is 12.2. The van der Waals surface area contributed by atoms with Gasteiger partial charge < -0.3 is 9.26 Å². The predicted octanol–water partition coefficient (Wildman–Crippen LogP) is 1.69. The lowest BCUT2D eigenvalue weighted by Crippen LogP contribution is -2.54. The molecule has 1 heterocycles. The van der Waals surface area contributed by atoms with Crippen molar-refractivity contribution in [1.82, 2.24) is 15.0 Å². The number of esters is 1. The van der Waals surface area contributed by atoms with Gasteiger partial charge >= 0.3 is 5.97 Å². The highest BCUT2D eigenvalue weighted by Crippen LogP contribution is 2.34. The van der Waals surface area contributed by atoms with Gasteiger partial charge in [0.05, 0.1) is 13.7 Å². The first-order valence-corrected chi connectivity index (χ1v) is 6.67. The quantitative estimate of drug-likeness (QED) is 0.773. The first-order valence-electron chi connectivity index (χ1n) is 6.67. The van der Waals surface area contributed by atoms with Crippen LogP contribution >= 0.6 is 0 Å². The summed E-state index contributed by atoms with van der Waals surface area (Å²) in [6.45, 7) is 2.25.